The molecule has 5 nitrogen and oxygen atoms in total. The Morgan fingerprint density at radius 3 is 2.46 bits per heavy atom. The highest BCUT2D eigenvalue weighted by Crippen LogP contribution is 2.17. The summed E-state index contributed by atoms with van der Waals surface area (Å²) in [7, 11) is -3.86. The number of hydrogen-bond acceptors (Lipinski definition) is 3. The molecule has 1 atom stereocenters. The van der Waals surface area contributed by atoms with Crippen LogP contribution in [0.25, 0.3) is 0 Å². The van der Waals surface area contributed by atoms with E-state index in [0.29, 0.717) is 5.56 Å². The Kier molecular flexibility index (Phi) is 5.36. The molecule has 2 aromatic rings. The number of anilines is 1. The first-order valence-corrected chi connectivity index (χ1v) is 8.84. The molecule has 0 saturated carbocycles. The molecule has 24 heavy (non-hydrogen) atoms. The fraction of sp³-hybridized carbons (Fsp3) is 0.235. The van der Waals surface area contributed by atoms with Gasteiger partial charge in [-0.1, -0.05) is 24.3 Å². The number of amides is 1. The maximum absolute atomic E-state index is 13.6. The summed E-state index contributed by atoms with van der Waals surface area (Å²) < 4.78 is 40.8. The predicted molar refractivity (Wildman–Crippen MR) is 90.7 cm³/mol. The predicted octanol–water partition coefficient (Wildman–Crippen LogP) is 2.75. The van der Waals surface area contributed by atoms with Gasteiger partial charge in [0.15, 0.2) is 0 Å². The zero-order chi connectivity index (χ0) is 17.9. The van der Waals surface area contributed by atoms with Crippen LogP contribution >= 0.6 is 0 Å². The van der Waals surface area contributed by atoms with Gasteiger partial charge in [0.05, 0.1) is 16.6 Å². The number of nitrogens with one attached hydrogen (secondary N) is 2. The fourth-order valence-corrected chi connectivity index (χ4v) is 3.68. The number of hydrogen-bond donors (Lipinski definition) is 2. The van der Waals surface area contributed by atoms with Gasteiger partial charge in [-0.25, -0.2) is 12.8 Å². The van der Waals surface area contributed by atoms with Gasteiger partial charge in [0.2, 0.25) is 15.9 Å². The largest absolute Gasteiger partial charge is 0.322 e. The first kappa shape index (κ1) is 18.1. The third-order valence-corrected chi connectivity index (χ3v) is 5.17. The van der Waals surface area contributed by atoms with Gasteiger partial charge in [0.1, 0.15) is 5.82 Å². The lowest BCUT2D eigenvalue weighted by molar-refractivity contribution is -0.117. The summed E-state index contributed by atoms with van der Waals surface area (Å²) in [6.45, 7) is 4.86. The third kappa shape index (κ3) is 4.18. The monoisotopic (exact) mass is 350 g/mol. The number of aryl methyl sites for hydroxylation is 2. The molecule has 0 saturated heterocycles. The van der Waals surface area contributed by atoms with Crippen molar-refractivity contribution in [3.8, 4) is 0 Å². The van der Waals surface area contributed by atoms with Gasteiger partial charge in [-0.3, -0.25) is 4.79 Å². The lowest BCUT2D eigenvalue weighted by atomic mass is 10.2. The normalized spacial score (nSPS) is 12.7. The van der Waals surface area contributed by atoms with Gasteiger partial charge in [0.25, 0.3) is 0 Å². The molecule has 0 aliphatic carbocycles. The van der Waals surface area contributed by atoms with Crippen LogP contribution in [0.3, 0.4) is 0 Å². The summed E-state index contributed by atoms with van der Waals surface area (Å²) in [6.07, 6.45) is 0. The van der Waals surface area contributed by atoms with E-state index in [-0.39, 0.29) is 10.6 Å². The summed E-state index contributed by atoms with van der Waals surface area (Å²) in [6, 6.07) is 9.67. The van der Waals surface area contributed by atoms with Crippen molar-refractivity contribution >= 4 is 21.6 Å². The fourth-order valence-electron chi connectivity index (χ4n) is 2.15. The van der Waals surface area contributed by atoms with Gasteiger partial charge < -0.3 is 5.32 Å². The topological polar surface area (TPSA) is 75.3 Å². The standard InChI is InChI=1S/C17H19FN2O3S/c1-11-8-9-12(2)16(10-11)24(22,23)20-13(3)17(21)19-15-7-5-4-6-14(15)18/h4-10,13,20H,1-3H3,(H,19,21). The van der Waals surface area contributed by atoms with Crippen LogP contribution in [0, 0.1) is 19.7 Å². The Morgan fingerprint density at radius 1 is 1.12 bits per heavy atom. The van der Waals surface area contributed by atoms with Crippen LogP contribution in [0.2, 0.25) is 0 Å². The number of carbonyl (C=O) groups is 1. The molecule has 128 valence electrons. The van der Waals surface area contributed by atoms with Crippen molar-refractivity contribution in [1.29, 1.82) is 0 Å². The number of sulfonamides is 1. The Labute approximate surface area is 141 Å². The molecule has 0 spiro atoms. The van der Waals surface area contributed by atoms with Crippen LogP contribution < -0.4 is 10.0 Å². The van der Waals surface area contributed by atoms with Crippen LogP contribution in [0.4, 0.5) is 10.1 Å². The van der Waals surface area contributed by atoms with E-state index in [0.717, 1.165) is 5.56 Å². The molecule has 1 amide bonds. The summed E-state index contributed by atoms with van der Waals surface area (Å²) in [4.78, 5) is 12.2. The van der Waals surface area contributed by atoms with Crippen LogP contribution in [0.1, 0.15) is 18.1 Å². The summed E-state index contributed by atoms with van der Waals surface area (Å²) in [5.41, 5.74) is 1.37. The van der Waals surface area contributed by atoms with Gasteiger partial charge in [-0.2, -0.15) is 4.72 Å². The second kappa shape index (κ2) is 7.11. The molecular weight excluding hydrogens is 331 g/mol. The number of halogens is 1. The van der Waals surface area contributed by atoms with Crippen molar-refractivity contribution in [2.75, 3.05) is 5.32 Å². The van der Waals surface area contributed by atoms with Crippen molar-refractivity contribution in [1.82, 2.24) is 4.72 Å². The maximum Gasteiger partial charge on any atom is 0.242 e. The number of rotatable bonds is 5. The molecule has 0 bridgehead atoms. The van der Waals surface area contributed by atoms with E-state index in [4.69, 9.17) is 0 Å². The lowest BCUT2D eigenvalue weighted by Crippen LogP contribution is -2.41. The lowest BCUT2D eigenvalue weighted by Gasteiger charge is -2.16. The minimum absolute atomic E-state index is 0.000263. The van der Waals surface area contributed by atoms with E-state index in [1.807, 2.05) is 6.07 Å². The Balaban J connectivity index is 2.16. The van der Waals surface area contributed by atoms with Crippen molar-refractivity contribution in [2.24, 2.45) is 0 Å². The van der Waals surface area contributed by atoms with E-state index in [1.165, 1.54) is 25.1 Å². The highest BCUT2D eigenvalue weighted by atomic mass is 32.2. The molecule has 0 aliphatic heterocycles. The average molecular weight is 350 g/mol. The molecule has 0 heterocycles. The minimum atomic E-state index is -3.86. The highest BCUT2D eigenvalue weighted by Gasteiger charge is 2.24. The molecule has 2 rings (SSSR count). The summed E-state index contributed by atoms with van der Waals surface area (Å²) in [5, 5.41) is 2.37. The minimum Gasteiger partial charge on any atom is -0.322 e. The molecule has 2 N–H and O–H groups in total. The smallest absolute Gasteiger partial charge is 0.242 e. The third-order valence-electron chi connectivity index (χ3n) is 3.49. The molecule has 1 unspecified atom stereocenters. The molecule has 0 aliphatic rings. The first-order valence-electron chi connectivity index (χ1n) is 7.35. The van der Waals surface area contributed by atoms with Gasteiger partial charge in [0, 0.05) is 0 Å². The van der Waals surface area contributed by atoms with Gasteiger partial charge in [-0.05, 0) is 50.1 Å². The quantitative estimate of drug-likeness (QED) is 0.871. The summed E-state index contributed by atoms with van der Waals surface area (Å²) in [5.74, 6) is -1.23. The average Bonchev–Trinajstić information content (AvgIpc) is 2.51. The summed E-state index contributed by atoms with van der Waals surface area (Å²) >= 11 is 0. The SMILES string of the molecule is Cc1ccc(C)c(S(=O)(=O)NC(C)C(=O)Nc2ccccc2F)c1. The molecule has 2 aromatic carbocycles. The molecule has 0 aromatic heterocycles. The molecular formula is C17H19FN2O3S. The zero-order valence-corrected chi connectivity index (χ0v) is 14.4. The highest BCUT2D eigenvalue weighted by molar-refractivity contribution is 7.89. The van der Waals surface area contributed by atoms with E-state index < -0.39 is 27.8 Å². The van der Waals surface area contributed by atoms with Crippen LogP contribution in [-0.4, -0.2) is 20.4 Å². The first-order chi connectivity index (χ1) is 11.2. The van der Waals surface area contributed by atoms with Gasteiger partial charge >= 0.3 is 0 Å². The number of carbonyl (C=O) groups excluding carboxylic acids is 1. The molecule has 0 fully saturated rings. The van der Waals surface area contributed by atoms with Crippen molar-refractivity contribution < 1.29 is 17.6 Å². The van der Waals surface area contributed by atoms with Crippen LogP contribution in [0.15, 0.2) is 47.4 Å². The zero-order valence-electron chi connectivity index (χ0n) is 13.6. The maximum atomic E-state index is 13.6. The van der Waals surface area contributed by atoms with Crippen LogP contribution in [0.5, 0.6) is 0 Å². The van der Waals surface area contributed by atoms with E-state index in [1.54, 1.807) is 32.0 Å². The second-order valence-electron chi connectivity index (χ2n) is 5.58. The van der Waals surface area contributed by atoms with Crippen molar-refractivity contribution in [2.45, 2.75) is 31.7 Å². The second-order valence-corrected chi connectivity index (χ2v) is 7.26. The van der Waals surface area contributed by atoms with E-state index in [9.17, 15) is 17.6 Å². The van der Waals surface area contributed by atoms with Crippen LogP contribution in [-0.2, 0) is 14.8 Å². The van der Waals surface area contributed by atoms with Crippen molar-refractivity contribution in [3.05, 3.63) is 59.4 Å². The molecule has 0 radical (unpaired) electrons. The van der Waals surface area contributed by atoms with Gasteiger partial charge in [-0.15, -0.1) is 0 Å². The van der Waals surface area contributed by atoms with E-state index >= 15 is 0 Å². The van der Waals surface area contributed by atoms with E-state index in [2.05, 4.69) is 10.0 Å². The Morgan fingerprint density at radius 2 is 1.79 bits per heavy atom. The van der Waals surface area contributed by atoms with Crippen molar-refractivity contribution in [3.63, 3.8) is 0 Å². The molecule has 7 heteroatoms. The number of para-hydroxylation sites is 1. The Bertz CT molecular complexity index is 866. The number of benzene rings is 2. The Hall–Kier alpha value is -2.25.